The van der Waals surface area contributed by atoms with Crippen molar-refractivity contribution in [2.45, 2.75) is 25.7 Å². The molecule has 0 aliphatic carbocycles. The quantitative estimate of drug-likeness (QED) is 0.246. The lowest BCUT2D eigenvalue weighted by Gasteiger charge is -2.24. The van der Waals surface area contributed by atoms with Gasteiger partial charge in [-0.25, -0.2) is 4.98 Å². The van der Waals surface area contributed by atoms with Crippen LogP contribution in [-0.2, 0) is 22.6 Å². The average Bonchev–Trinajstić information content (AvgIpc) is 3.54. The van der Waals surface area contributed by atoms with E-state index in [2.05, 4.69) is 4.98 Å². The molecule has 1 aromatic carbocycles. The molecule has 0 saturated heterocycles. The van der Waals surface area contributed by atoms with E-state index >= 15 is 0 Å². The lowest BCUT2D eigenvalue weighted by Crippen LogP contribution is -2.36. The van der Waals surface area contributed by atoms with E-state index in [1.54, 1.807) is 26.5 Å². The van der Waals surface area contributed by atoms with E-state index in [-0.39, 0.29) is 12.2 Å². The fourth-order valence-electron chi connectivity index (χ4n) is 3.99. The Balaban J connectivity index is 1.46. The largest absolute Gasteiger partial charge is 0.497 e. The number of benzene rings is 1. The smallest absolute Gasteiger partial charge is 0.260 e. The number of furan rings is 1. The number of rotatable bonds is 14. The zero-order chi connectivity index (χ0) is 25.3. The molecule has 1 unspecified atom stereocenters. The number of aromatic amines is 1. The van der Waals surface area contributed by atoms with Gasteiger partial charge in [-0.05, 0) is 36.2 Å². The summed E-state index contributed by atoms with van der Waals surface area (Å²) in [6, 6.07) is 11.2. The molecule has 0 aliphatic heterocycles. The van der Waals surface area contributed by atoms with Gasteiger partial charge in [0.15, 0.2) is 0 Å². The molecular weight excluding hydrogens is 482 g/mol. The van der Waals surface area contributed by atoms with Gasteiger partial charge in [-0.2, -0.15) is 0 Å². The van der Waals surface area contributed by atoms with E-state index in [9.17, 15) is 9.90 Å². The molecule has 0 radical (unpaired) electrons. The molecule has 0 fully saturated rings. The molecule has 1 atom stereocenters. The molecule has 4 aromatic rings. The van der Waals surface area contributed by atoms with Crippen molar-refractivity contribution in [1.29, 1.82) is 0 Å². The van der Waals surface area contributed by atoms with Crippen molar-refractivity contribution < 1.29 is 23.7 Å². The zero-order valence-corrected chi connectivity index (χ0v) is 21.3. The summed E-state index contributed by atoms with van der Waals surface area (Å²) in [4.78, 5) is 23.5. The normalized spacial score (nSPS) is 12.4. The van der Waals surface area contributed by atoms with E-state index in [1.807, 2.05) is 40.6 Å². The SMILES string of the molecule is COCCCN(Cc1nc2scc(-c3cccc(OC)c3)c2c(=O)[nH]1)CC(O)COCc1ccco1. The number of nitrogens with one attached hydrogen (secondary N) is 1. The Bertz CT molecular complexity index is 1290. The third-order valence-corrected chi connectivity index (χ3v) is 6.55. The van der Waals surface area contributed by atoms with Gasteiger partial charge >= 0.3 is 0 Å². The number of aromatic nitrogens is 2. The second kappa shape index (κ2) is 12.8. The highest BCUT2D eigenvalue weighted by Gasteiger charge is 2.17. The van der Waals surface area contributed by atoms with Gasteiger partial charge in [0.1, 0.15) is 28.8 Å². The van der Waals surface area contributed by atoms with Crippen molar-refractivity contribution in [3.63, 3.8) is 0 Å². The van der Waals surface area contributed by atoms with E-state index in [0.29, 0.717) is 54.6 Å². The van der Waals surface area contributed by atoms with Crippen molar-refractivity contribution >= 4 is 21.6 Å². The number of hydrogen-bond donors (Lipinski definition) is 2. The third-order valence-electron chi connectivity index (χ3n) is 5.67. The Morgan fingerprint density at radius 3 is 2.92 bits per heavy atom. The fourth-order valence-corrected chi connectivity index (χ4v) is 4.96. The maximum absolute atomic E-state index is 13.1. The Kier molecular flexibility index (Phi) is 9.26. The summed E-state index contributed by atoms with van der Waals surface area (Å²) in [6.07, 6.45) is 1.66. The summed E-state index contributed by atoms with van der Waals surface area (Å²) in [5.74, 6) is 1.98. The van der Waals surface area contributed by atoms with E-state index in [4.69, 9.17) is 23.6 Å². The molecule has 3 heterocycles. The van der Waals surface area contributed by atoms with Gasteiger partial charge in [0.2, 0.25) is 0 Å². The van der Waals surface area contributed by atoms with E-state index in [0.717, 1.165) is 23.3 Å². The molecular formula is C26H31N3O6S. The second-order valence-electron chi connectivity index (χ2n) is 8.40. The summed E-state index contributed by atoms with van der Waals surface area (Å²) in [7, 11) is 3.28. The Labute approximate surface area is 213 Å². The molecule has 2 N–H and O–H groups in total. The molecule has 0 bridgehead atoms. The van der Waals surface area contributed by atoms with Crippen molar-refractivity contribution in [2.75, 3.05) is 40.5 Å². The van der Waals surface area contributed by atoms with E-state index in [1.165, 1.54) is 11.3 Å². The summed E-state index contributed by atoms with van der Waals surface area (Å²) in [5, 5.41) is 13.1. The molecule has 9 nitrogen and oxygen atoms in total. The Hall–Kier alpha value is -3.02. The lowest BCUT2D eigenvalue weighted by molar-refractivity contribution is 0.00246. The van der Waals surface area contributed by atoms with Crippen LogP contribution in [0.5, 0.6) is 5.75 Å². The lowest BCUT2D eigenvalue weighted by atomic mass is 10.1. The van der Waals surface area contributed by atoms with Crippen LogP contribution in [0.15, 0.2) is 57.3 Å². The summed E-state index contributed by atoms with van der Waals surface area (Å²) >= 11 is 1.43. The fraction of sp³-hybridized carbons (Fsp3) is 0.385. The minimum Gasteiger partial charge on any atom is -0.497 e. The zero-order valence-electron chi connectivity index (χ0n) is 20.4. The van der Waals surface area contributed by atoms with Gasteiger partial charge in [-0.1, -0.05) is 12.1 Å². The van der Waals surface area contributed by atoms with Crippen LogP contribution in [0, 0.1) is 0 Å². The topological polar surface area (TPSA) is 110 Å². The van der Waals surface area contributed by atoms with Gasteiger partial charge < -0.3 is 28.7 Å². The van der Waals surface area contributed by atoms with Gasteiger partial charge in [0, 0.05) is 37.7 Å². The number of fused-ring (bicyclic) bond motifs is 1. The molecule has 0 amide bonds. The molecule has 0 spiro atoms. The maximum Gasteiger partial charge on any atom is 0.260 e. The summed E-state index contributed by atoms with van der Waals surface area (Å²) in [5.41, 5.74) is 1.54. The molecule has 192 valence electrons. The predicted octanol–water partition coefficient (Wildman–Crippen LogP) is 3.67. The summed E-state index contributed by atoms with van der Waals surface area (Å²) in [6.45, 7) is 2.48. The van der Waals surface area contributed by atoms with Crippen LogP contribution in [0.3, 0.4) is 0 Å². The van der Waals surface area contributed by atoms with Crippen LogP contribution >= 0.6 is 11.3 Å². The summed E-state index contributed by atoms with van der Waals surface area (Å²) < 4.78 is 21.3. The number of nitrogens with zero attached hydrogens (tertiary/aromatic N) is 2. The van der Waals surface area contributed by atoms with Gasteiger partial charge in [0.05, 0.1) is 38.0 Å². The van der Waals surface area contributed by atoms with Gasteiger partial charge in [0.25, 0.3) is 5.56 Å². The van der Waals surface area contributed by atoms with Crippen LogP contribution in [0.1, 0.15) is 18.0 Å². The van der Waals surface area contributed by atoms with Crippen molar-refractivity contribution in [2.24, 2.45) is 0 Å². The van der Waals surface area contributed by atoms with Crippen molar-refractivity contribution in [3.05, 3.63) is 70.0 Å². The molecule has 0 saturated carbocycles. The second-order valence-corrected chi connectivity index (χ2v) is 9.26. The maximum atomic E-state index is 13.1. The number of methoxy groups -OCH3 is 2. The number of H-pyrrole nitrogens is 1. The molecule has 3 aromatic heterocycles. The first-order valence-corrected chi connectivity index (χ1v) is 12.6. The number of thiophene rings is 1. The van der Waals surface area contributed by atoms with Gasteiger partial charge in [-0.3, -0.25) is 9.69 Å². The van der Waals surface area contributed by atoms with Crippen LogP contribution in [-0.4, -0.2) is 66.6 Å². The van der Waals surface area contributed by atoms with E-state index < -0.39 is 6.10 Å². The third kappa shape index (κ3) is 6.80. The highest BCUT2D eigenvalue weighted by molar-refractivity contribution is 7.17. The highest BCUT2D eigenvalue weighted by Crippen LogP contribution is 2.32. The minimum absolute atomic E-state index is 0.166. The number of aliphatic hydroxyl groups is 1. The van der Waals surface area contributed by atoms with Crippen molar-refractivity contribution in [1.82, 2.24) is 14.9 Å². The Morgan fingerprint density at radius 1 is 1.25 bits per heavy atom. The Morgan fingerprint density at radius 2 is 2.14 bits per heavy atom. The first kappa shape index (κ1) is 26.1. The molecule has 10 heteroatoms. The average molecular weight is 514 g/mol. The van der Waals surface area contributed by atoms with Crippen LogP contribution in [0.2, 0.25) is 0 Å². The first-order valence-electron chi connectivity index (χ1n) is 11.7. The standard InChI is InChI=1S/C26H31N3O6S/c1-32-10-5-9-29(13-19(30)15-34-16-21-8-4-11-35-21)14-23-27-25(31)24-22(17-36-26(24)28-23)18-6-3-7-20(12-18)33-2/h3-4,6-8,11-12,17,19,30H,5,9-10,13-16H2,1-2H3,(H,27,28,31). The van der Waals surface area contributed by atoms with Gasteiger partial charge in [-0.15, -0.1) is 11.3 Å². The molecule has 4 rings (SSSR count). The van der Waals surface area contributed by atoms with Crippen molar-refractivity contribution in [3.8, 4) is 16.9 Å². The predicted molar refractivity (Wildman–Crippen MR) is 138 cm³/mol. The van der Waals surface area contributed by atoms with Crippen LogP contribution < -0.4 is 10.3 Å². The minimum atomic E-state index is -0.709. The number of ether oxygens (including phenoxy) is 3. The highest BCUT2D eigenvalue weighted by atomic mass is 32.1. The number of hydrogen-bond acceptors (Lipinski definition) is 9. The molecule has 0 aliphatic rings. The first-order chi connectivity index (χ1) is 17.6. The number of aliphatic hydroxyl groups excluding tert-OH is 1. The van der Waals surface area contributed by atoms with Crippen LogP contribution in [0.4, 0.5) is 0 Å². The molecule has 36 heavy (non-hydrogen) atoms. The monoisotopic (exact) mass is 513 g/mol. The van der Waals surface area contributed by atoms with Crippen LogP contribution in [0.25, 0.3) is 21.3 Å².